The van der Waals surface area contributed by atoms with Crippen molar-refractivity contribution in [2.75, 3.05) is 6.26 Å². The van der Waals surface area contributed by atoms with Crippen molar-refractivity contribution in [1.82, 2.24) is 0 Å². The predicted octanol–water partition coefficient (Wildman–Crippen LogP) is 4.84. The molecule has 0 unspecified atom stereocenters. The zero-order valence-electron chi connectivity index (χ0n) is 8.13. The van der Waals surface area contributed by atoms with Gasteiger partial charge in [-0.3, -0.25) is 0 Å². The molecule has 0 nitrogen and oxygen atoms in total. The summed E-state index contributed by atoms with van der Waals surface area (Å²) in [7, 11) is 0. The molecule has 2 aromatic rings. The molecule has 0 spiro atoms. The van der Waals surface area contributed by atoms with Crippen LogP contribution in [0.4, 0.5) is 0 Å². The van der Waals surface area contributed by atoms with Gasteiger partial charge < -0.3 is 0 Å². The summed E-state index contributed by atoms with van der Waals surface area (Å²) in [6, 6.07) is 6.32. The van der Waals surface area contributed by atoms with Gasteiger partial charge in [0, 0.05) is 15.1 Å². The fourth-order valence-electron chi connectivity index (χ4n) is 1.50. The van der Waals surface area contributed by atoms with E-state index in [0.29, 0.717) is 0 Å². The molecule has 0 saturated carbocycles. The van der Waals surface area contributed by atoms with E-state index in [-0.39, 0.29) is 0 Å². The number of halogens is 1. The van der Waals surface area contributed by atoms with Gasteiger partial charge >= 0.3 is 0 Å². The highest BCUT2D eigenvalue weighted by Gasteiger charge is 2.07. The summed E-state index contributed by atoms with van der Waals surface area (Å²) >= 11 is 9.78. The van der Waals surface area contributed by atoms with Crippen LogP contribution in [0.1, 0.15) is 12.5 Å². The highest BCUT2D eigenvalue weighted by molar-refractivity contribution is 8.00. The minimum atomic E-state index is 0.869. The quantitative estimate of drug-likeness (QED) is 0.679. The average molecular weight is 243 g/mol. The molecule has 0 atom stereocenters. The van der Waals surface area contributed by atoms with Crippen molar-refractivity contribution in [1.29, 1.82) is 0 Å². The standard InChI is InChI=1S/C11H11ClS2/c1-3-7-4-5-9(12)8-6-10(13-2)14-11(7)8/h4-6H,3H2,1-2H3. The minimum Gasteiger partial charge on any atom is -0.128 e. The van der Waals surface area contributed by atoms with Gasteiger partial charge in [-0.05, 0) is 30.4 Å². The summed E-state index contributed by atoms with van der Waals surface area (Å²) in [5.74, 6) is 0. The van der Waals surface area contributed by atoms with Crippen LogP contribution in [0.3, 0.4) is 0 Å². The van der Waals surface area contributed by atoms with Gasteiger partial charge in [0.15, 0.2) is 0 Å². The number of aryl methyl sites for hydroxylation is 1. The zero-order chi connectivity index (χ0) is 10.1. The Hall–Kier alpha value is -0.180. The number of hydrogen-bond donors (Lipinski definition) is 0. The van der Waals surface area contributed by atoms with Crippen molar-refractivity contribution in [3.63, 3.8) is 0 Å². The Morgan fingerprint density at radius 1 is 1.43 bits per heavy atom. The van der Waals surface area contributed by atoms with Crippen molar-refractivity contribution < 1.29 is 0 Å². The lowest BCUT2D eigenvalue weighted by Gasteiger charge is -1.99. The zero-order valence-corrected chi connectivity index (χ0v) is 10.5. The van der Waals surface area contributed by atoms with E-state index in [4.69, 9.17) is 11.6 Å². The van der Waals surface area contributed by atoms with E-state index in [0.717, 1.165) is 11.4 Å². The van der Waals surface area contributed by atoms with Gasteiger partial charge in [-0.2, -0.15) is 0 Å². The minimum absolute atomic E-state index is 0.869. The summed E-state index contributed by atoms with van der Waals surface area (Å²) < 4.78 is 2.69. The Morgan fingerprint density at radius 2 is 2.21 bits per heavy atom. The molecule has 0 fully saturated rings. The maximum absolute atomic E-state index is 6.15. The van der Waals surface area contributed by atoms with E-state index in [1.54, 1.807) is 11.8 Å². The second kappa shape index (κ2) is 4.13. The predicted molar refractivity (Wildman–Crippen MR) is 68.0 cm³/mol. The van der Waals surface area contributed by atoms with Crippen LogP contribution in [0.2, 0.25) is 5.02 Å². The molecular formula is C11H11ClS2. The van der Waals surface area contributed by atoms with Gasteiger partial charge in [-0.15, -0.1) is 23.1 Å². The number of fused-ring (bicyclic) bond motifs is 1. The van der Waals surface area contributed by atoms with E-state index in [1.165, 1.54) is 19.9 Å². The fourth-order valence-corrected chi connectivity index (χ4v) is 3.59. The average Bonchev–Trinajstić information content (AvgIpc) is 2.63. The highest BCUT2D eigenvalue weighted by atomic mass is 35.5. The Morgan fingerprint density at radius 3 is 2.86 bits per heavy atom. The topological polar surface area (TPSA) is 0 Å². The van der Waals surface area contributed by atoms with E-state index in [2.05, 4.69) is 25.3 Å². The first-order valence-corrected chi connectivity index (χ1v) is 6.93. The molecule has 14 heavy (non-hydrogen) atoms. The number of benzene rings is 1. The molecule has 0 aliphatic rings. The molecule has 1 aromatic heterocycles. The Kier molecular flexibility index (Phi) is 3.05. The van der Waals surface area contributed by atoms with Gasteiger partial charge in [0.25, 0.3) is 0 Å². The van der Waals surface area contributed by atoms with Gasteiger partial charge in [-0.25, -0.2) is 0 Å². The first kappa shape index (κ1) is 10.3. The van der Waals surface area contributed by atoms with Crippen molar-refractivity contribution in [2.24, 2.45) is 0 Å². The van der Waals surface area contributed by atoms with Crippen LogP contribution in [0, 0.1) is 0 Å². The summed E-state index contributed by atoms with van der Waals surface area (Å²) in [5.41, 5.74) is 1.40. The third-order valence-corrected chi connectivity index (χ3v) is 4.88. The van der Waals surface area contributed by atoms with Gasteiger partial charge in [0.05, 0.1) is 4.21 Å². The van der Waals surface area contributed by atoms with Crippen molar-refractivity contribution in [3.05, 3.63) is 28.8 Å². The summed E-state index contributed by atoms with van der Waals surface area (Å²) in [6.45, 7) is 2.18. The molecule has 74 valence electrons. The summed E-state index contributed by atoms with van der Waals surface area (Å²) in [6.07, 6.45) is 3.17. The van der Waals surface area contributed by atoms with Crippen LogP contribution < -0.4 is 0 Å². The second-order valence-corrected chi connectivity index (χ2v) is 5.64. The third kappa shape index (κ3) is 1.67. The van der Waals surface area contributed by atoms with Crippen LogP contribution in [0.5, 0.6) is 0 Å². The monoisotopic (exact) mass is 242 g/mol. The second-order valence-electron chi connectivity index (χ2n) is 3.07. The van der Waals surface area contributed by atoms with Crippen LogP contribution in [-0.2, 0) is 6.42 Å². The Balaban J connectivity index is 2.74. The van der Waals surface area contributed by atoms with Gasteiger partial charge in [0.2, 0.25) is 0 Å². The van der Waals surface area contributed by atoms with Crippen LogP contribution in [0.15, 0.2) is 22.4 Å². The molecular weight excluding hydrogens is 232 g/mol. The summed E-state index contributed by atoms with van der Waals surface area (Å²) in [4.78, 5) is 0. The van der Waals surface area contributed by atoms with E-state index >= 15 is 0 Å². The van der Waals surface area contributed by atoms with E-state index < -0.39 is 0 Å². The molecule has 0 saturated heterocycles. The molecule has 1 heterocycles. The lowest BCUT2D eigenvalue weighted by atomic mass is 10.1. The lowest BCUT2D eigenvalue weighted by Crippen LogP contribution is -1.79. The van der Waals surface area contributed by atoms with Crippen LogP contribution >= 0.6 is 34.7 Å². The maximum atomic E-state index is 6.15. The molecule has 0 bridgehead atoms. The first-order valence-electron chi connectivity index (χ1n) is 4.51. The maximum Gasteiger partial charge on any atom is 0.0609 e. The number of rotatable bonds is 2. The highest BCUT2D eigenvalue weighted by Crippen LogP contribution is 2.37. The fraction of sp³-hybridized carbons (Fsp3) is 0.273. The van der Waals surface area contributed by atoms with E-state index in [1.807, 2.05) is 17.4 Å². The molecule has 2 rings (SSSR count). The van der Waals surface area contributed by atoms with Crippen LogP contribution in [0.25, 0.3) is 10.1 Å². The SMILES string of the molecule is CCc1ccc(Cl)c2cc(SC)sc12. The van der Waals surface area contributed by atoms with Crippen molar-refractivity contribution in [2.45, 2.75) is 17.6 Å². The Bertz CT molecular complexity index is 460. The molecule has 3 heteroatoms. The number of hydrogen-bond acceptors (Lipinski definition) is 2. The molecule has 0 aliphatic carbocycles. The van der Waals surface area contributed by atoms with Gasteiger partial charge in [0.1, 0.15) is 0 Å². The lowest BCUT2D eigenvalue weighted by molar-refractivity contribution is 1.16. The normalized spacial score (nSPS) is 11.1. The summed E-state index contributed by atoms with van der Waals surface area (Å²) in [5, 5.41) is 2.08. The first-order chi connectivity index (χ1) is 6.76. The smallest absolute Gasteiger partial charge is 0.0609 e. The third-order valence-electron chi connectivity index (χ3n) is 2.27. The number of thioether (sulfide) groups is 1. The Labute approximate surface area is 97.3 Å². The van der Waals surface area contributed by atoms with Crippen molar-refractivity contribution in [3.8, 4) is 0 Å². The molecule has 0 radical (unpaired) electrons. The van der Waals surface area contributed by atoms with Crippen LogP contribution in [-0.4, -0.2) is 6.26 Å². The van der Waals surface area contributed by atoms with E-state index in [9.17, 15) is 0 Å². The number of thiophene rings is 1. The van der Waals surface area contributed by atoms with Crippen molar-refractivity contribution >= 4 is 44.8 Å². The molecule has 0 aliphatic heterocycles. The molecule has 0 amide bonds. The molecule has 0 N–H and O–H groups in total. The molecule has 1 aromatic carbocycles. The largest absolute Gasteiger partial charge is 0.128 e. The van der Waals surface area contributed by atoms with Gasteiger partial charge in [-0.1, -0.05) is 24.6 Å².